The zero-order valence-electron chi connectivity index (χ0n) is 13.3. The molecule has 2 unspecified atom stereocenters. The average Bonchev–Trinajstić information content (AvgIpc) is 2.39. The smallest absolute Gasteiger partial charge is 0.0726 e. The highest BCUT2D eigenvalue weighted by molar-refractivity contribution is 5.51. The van der Waals surface area contributed by atoms with E-state index in [1.807, 2.05) is 0 Å². The van der Waals surface area contributed by atoms with Gasteiger partial charge in [0.15, 0.2) is 0 Å². The van der Waals surface area contributed by atoms with Crippen molar-refractivity contribution in [3.63, 3.8) is 0 Å². The fourth-order valence-corrected chi connectivity index (χ4v) is 2.86. The molecule has 1 aliphatic heterocycles. The molecule has 0 bridgehead atoms. The van der Waals surface area contributed by atoms with Gasteiger partial charge in [0.05, 0.1) is 12.2 Å². The molecule has 1 saturated heterocycles. The molecular weight excluding hydrogens is 248 g/mol. The molecule has 1 aliphatic rings. The third kappa shape index (κ3) is 3.97. The van der Waals surface area contributed by atoms with Crippen molar-refractivity contribution in [2.45, 2.75) is 52.9 Å². The Labute approximate surface area is 123 Å². The number of benzene rings is 1. The zero-order chi connectivity index (χ0) is 14.5. The van der Waals surface area contributed by atoms with E-state index in [0.717, 1.165) is 26.2 Å². The highest BCUT2D eigenvalue weighted by Gasteiger charge is 2.22. The number of hydrogen-bond donors (Lipinski definition) is 1. The van der Waals surface area contributed by atoms with Crippen molar-refractivity contribution >= 4 is 5.69 Å². The predicted molar refractivity (Wildman–Crippen MR) is 85.4 cm³/mol. The Bertz CT molecular complexity index is 423. The first kappa shape index (κ1) is 15.3. The minimum Gasteiger partial charge on any atom is -0.372 e. The van der Waals surface area contributed by atoms with E-state index >= 15 is 0 Å². The van der Waals surface area contributed by atoms with Crippen LogP contribution in [0, 0.1) is 6.92 Å². The molecule has 0 radical (unpaired) electrons. The molecular formula is C17H28N2O. The molecule has 2 atom stereocenters. The lowest BCUT2D eigenvalue weighted by atomic mass is 10.1. The van der Waals surface area contributed by atoms with Gasteiger partial charge in [-0.05, 0) is 57.0 Å². The molecule has 2 rings (SSSR count). The van der Waals surface area contributed by atoms with E-state index in [-0.39, 0.29) is 0 Å². The summed E-state index contributed by atoms with van der Waals surface area (Å²) < 4.78 is 5.81. The van der Waals surface area contributed by atoms with Crippen LogP contribution in [0.3, 0.4) is 0 Å². The standard InChI is InChI=1S/C17H28N2O/c1-5-8-18-10-16-6-7-17(9-13(16)2)19-11-14(3)20-15(4)12-19/h6-7,9,14-15,18H,5,8,10-12H2,1-4H3. The summed E-state index contributed by atoms with van der Waals surface area (Å²) in [6.45, 7) is 12.7. The van der Waals surface area contributed by atoms with Crippen LogP contribution in [-0.2, 0) is 11.3 Å². The Kier molecular flexibility index (Phi) is 5.44. The summed E-state index contributed by atoms with van der Waals surface area (Å²) in [6.07, 6.45) is 1.80. The van der Waals surface area contributed by atoms with E-state index in [0.29, 0.717) is 12.2 Å². The van der Waals surface area contributed by atoms with Crippen LogP contribution in [-0.4, -0.2) is 31.8 Å². The Morgan fingerprint density at radius 1 is 1.25 bits per heavy atom. The van der Waals surface area contributed by atoms with E-state index in [1.165, 1.54) is 23.2 Å². The van der Waals surface area contributed by atoms with Gasteiger partial charge in [-0.25, -0.2) is 0 Å². The molecule has 1 aromatic rings. The summed E-state index contributed by atoms with van der Waals surface area (Å²) in [5, 5.41) is 3.47. The minimum absolute atomic E-state index is 0.310. The van der Waals surface area contributed by atoms with Gasteiger partial charge in [-0.1, -0.05) is 13.0 Å². The van der Waals surface area contributed by atoms with Gasteiger partial charge in [0.2, 0.25) is 0 Å². The molecule has 0 aliphatic carbocycles. The van der Waals surface area contributed by atoms with Crippen molar-refractivity contribution in [2.24, 2.45) is 0 Å². The normalized spacial score (nSPS) is 23.1. The topological polar surface area (TPSA) is 24.5 Å². The lowest BCUT2D eigenvalue weighted by Crippen LogP contribution is -2.45. The van der Waals surface area contributed by atoms with Crippen LogP contribution in [0.2, 0.25) is 0 Å². The summed E-state index contributed by atoms with van der Waals surface area (Å²) in [5.41, 5.74) is 4.10. The van der Waals surface area contributed by atoms with Crippen LogP contribution < -0.4 is 10.2 Å². The molecule has 3 nitrogen and oxygen atoms in total. The molecule has 0 spiro atoms. The number of hydrogen-bond acceptors (Lipinski definition) is 3. The average molecular weight is 276 g/mol. The Morgan fingerprint density at radius 2 is 1.95 bits per heavy atom. The van der Waals surface area contributed by atoms with Crippen LogP contribution >= 0.6 is 0 Å². The number of nitrogens with one attached hydrogen (secondary N) is 1. The van der Waals surface area contributed by atoms with Gasteiger partial charge in [-0.15, -0.1) is 0 Å². The maximum atomic E-state index is 5.81. The molecule has 0 amide bonds. The highest BCUT2D eigenvalue weighted by Crippen LogP contribution is 2.23. The number of anilines is 1. The van der Waals surface area contributed by atoms with Gasteiger partial charge in [0.1, 0.15) is 0 Å². The van der Waals surface area contributed by atoms with Crippen molar-refractivity contribution in [1.29, 1.82) is 0 Å². The summed E-state index contributed by atoms with van der Waals surface area (Å²) in [6, 6.07) is 6.83. The fourth-order valence-electron chi connectivity index (χ4n) is 2.86. The van der Waals surface area contributed by atoms with Crippen LogP contribution in [0.4, 0.5) is 5.69 Å². The molecule has 3 heteroatoms. The maximum Gasteiger partial charge on any atom is 0.0726 e. The quantitative estimate of drug-likeness (QED) is 0.836. The first-order valence-electron chi connectivity index (χ1n) is 7.80. The predicted octanol–water partition coefficient (Wildman–Crippen LogP) is 3.11. The van der Waals surface area contributed by atoms with Crippen molar-refractivity contribution in [1.82, 2.24) is 5.32 Å². The first-order valence-corrected chi connectivity index (χ1v) is 7.80. The largest absolute Gasteiger partial charge is 0.372 e. The minimum atomic E-state index is 0.310. The van der Waals surface area contributed by atoms with E-state index < -0.39 is 0 Å². The van der Waals surface area contributed by atoms with E-state index in [4.69, 9.17) is 4.74 Å². The monoisotopic (exact) mass is 276 g/mol. The fraction of sp³-hybridized carbons (Fsp3) is 0.647. The second-order valence-electron chi connectivity index (χ2n) is 5.95. The molecule has 1 aromatic carbocycles. The molecule has 20 heavy (non-hydrogen) atoms. The highest BCUT2D eigenvalue weighted by atomic mass is 16.5. The second kappa shape index (κ2) is 7.09. The summed E-state index contributed by atoms with van der Waals surface area (Å²) in [4.78, 5) is 2.44. The van der Waals surface area contributed by atoms with Gasteiger partial charge < -0.3 is 15.0 Å². The van der Waals surface area contributed by atoms with Gasteiger partial charge in [0, 0.05) is 25.3 Å². The molecule has 1 fully saturated rings. The van der Waals surface area contributed by atoms with Crippen molar-refractivity contribution in [2.75, 3.05) is 24.5 Å². The summed E-state index contributed by atoms with van der Waals surface area (Å²) in [7, 11) is 0. The zero-order valence-corrected chi connectivity index (χ0v) is 13.3. The Balaban J connectivity index is 2.04. The van der Waals surface area contributed by atoms with Gasteiger partial charge in [0.25, 0.3) is 0 Å². The molecule has 0 aromatic heterocycles. The number of aryl methyl sites for hydroxylation is 1. The van der Waals surface area contributed by atoms with Gasteiger partial charge >= 0.3 is 0 Å². The van der Waals surface area contributed by atoms with E-state index in [1.54, 1.807) is 0 Å². The SMILES string of the molecule is CCCNCc1ccc(N2CC(C)OC(C)C2)cc1C. The van der Waals surface area contributed by atoms with E-state index in [2.05, 4.69) is 56.1 Å². The molecule has 0 saturated carbocycles. The number of rotatable bonds is 5. The van der Waals surface area contributed by atoms with Crippen LogP contribution in [0.25, 0.3) is 0 Å². The van der Waals surface area contributed by atoms with Crippen molar-refractivity contribution in [3.05, 3.63) is 29.3 Å². The first-order chi connectivity index (χ1) is 9.60. The number of ether oxygens (including phenoxy) is 1. The molecule has 112 valence electrons. The lowest BCUT2D eigenvalue weighted by molar-refractivity contribution is -0.00522. The second-order valence-corrected chi connectivity index (χ2v) is 5.95. The van der Waals surface area contributed by atoms with Crippen LogP contribution in [0.5, 0.6) is 0 Å². The number of morpholine rings is 1. The lowest BCUT2D eigenvalue weighted by Gasteiger charge is -2.37. The van der Waals surface area contributed by atoms with Crippen molar-refractivity contribution in [3.8, 4) is 0 Å². The third-order valence-electron chi connectivity index (χ3n) is 3.85. The van der Waals surface area contributed by atoms with Gasteiger partial charge in [-0.3, -0.25) is 0 Å². The van der Waals surface area contributed by atoms with Gasteiger partial charge in [-0.2, -0.15) is 0 Å². The van der Waals surface area contributed by atoms with Crippen LogP contribution in [0.1, 0.15) is 38.3 Å². The molecule has 1 N–H and O–H groups in total. The summed E-state index contributed by atoms with van der Waals surface area (Å²) >= 11 is 0. The Morgan fingerprint density at radius 3 is 2.55 bits per heavy atom. The van der Waals surface area contributed by atoms with E-state index in [9.17, 15) is 0 Å². The van der Waals surface area contributed by atoms with Crippen molar-refractivity contribution < 1.29 is 4.74 Å². The summed E-state index contributed by atoms with van der Waals surface area (Å²) in [5.74, 6) is 0. The molecule has 1 heterocycles. The number of nitrogens with zero attached hydrogens (tertiary/aromatic N) is 1. The van der Waals surface area contributed by atoms with Crippen LogP contribution in [0.15, 0.2) is 18.2 Å². The Hall–Kier alpha value is -1.06. The maximum absolute atomic E-state index is 5.81. The third-order valence-corrected chi connectivity index (χ3v) is 3.85.